The molecule has 0 aliphatic carbocycles. The minimum atomic E-state index is -0.0707. The van der Waals surface area contributed by atoms with Crippen LogP contribution in [0, 0.1) is 0 Å². The minimum absolute atomic E-state index is 0.0707. The lowest BCUT2D eigenvalue weighted by Crippen LogP contribution is -2.34. The number of imidazole rings is 1. The van der Waals surface area contributed by atoms with Crippen LogP contribution in [0.25, 0.3) is 0 Å². The van der Waals surface area contributed by atoms with E-state index in [9.17, 15) is 4.79 Å². The Kier molecular flexibility index (Phi) is 7.54. The summed E-state index contributed by atoms with van der Waals surface area (Å²) in [5.41, 5.74) is 2.94. The van der Waals surface area contributed by atoms with Crippen molar-refractivity contribution < 1.29 is 9.53 Å². The van der Waals surface area contributed by atoms with Gasteiger partial charge in [-0.25, -0.2) is 4.98 Å². The molecule has 3 rings (SSSR count). The van der Waals surface area contributed by atoms with Gasteiger partial charge in [0.2, 0.25) is 0 Å². The highest BCUT2D eigenvalue weighted by Gasteiger charge is 2.16. The summed E-state index contributed by atoms with van der Waals surface area (Å²) in [6, 6.07) is 15.8. The van der Waals surface area contributed by atoms with Crippen LogP contribution in [-0.4, -0.2) is 48.1 Å². The number of rotatable bonds is 9. The molecule has 1 atom stereocenters. The number of hydrogen-bond donors (Lipinski definition) is 1. The summed E-state index contributed by atoms with van der Waals surface area (Å²) in [7, 11) is 7.65. The van der Waals surface area contributed by atoms with Gasteiger partial charge in [0.1, 0.15) is 5.75 Å². The number of aryl methyl sites for hydroxylation is 1. The van der Waals surface area contributed by atoms with E-state index in [-0.39, 0.29) is 11.9 Å². The fourth-order valence-electron chi connectivity index (χ4n) is 3.11. The van der Waals surface area contributed by atoms with Crippen LogP contribution in [0.3, 0.4) is 0 Å². The van der Waals surface area contributed by atoms with Crippen LogP contribution in [0.1, 0.15) is 27.5 Å². The van der Waals surface area contributed by atoms with Gasteiger partial charge in [-0.1, -0.05) is 36.0 Å². The molecule has 158 valence electrons. The first-order chi connectivity index (χ1) is 14.5. The van der Waals surface area contributed by atoms with Crippen molar-refractivity contribution in [1.29, 1.82) is 0 Å². The zero-order chi connectivity index (χ0) is 21.5. The maximum absolute atomic E-state index is 12.6. The average molecular weight is 425 g/mol. The summed E-state index contributed by atoms with van der Waals surface area (Å²) in [5, 5.41) is 4.04. The Morgan fingerprint density at radius 3 is 2.43 bits per heavy atom. The Balaban J connectivity index is 1.56. The van der Waals surface area contributed by atoms with E-state index < -0.39 is 0 Å². The predicted octanol–water partition coefficient (Wildman–Crippen LogP) is 3.75. The molecule has 0 fully saturated rings. The molecule has 0 aliphatic rings. The zero-order valence-corrected chi connectivity index (χ0v) is 18.6. The summed E-state index contributed by atoms with van der Waals surface area (Å²) >= 11 is 1.68. The largest absolute Gasteiger partial charge is 0.497 e. The molecule has 1 N–H and O–H groups in total. The van der Waals surface area contributed by atoms with Gasteiger partial charge in [0.05, 0.1) is 13.2 Å². The molecule has 0 saturated heterocycles. The second-order valence-electron chi connectivity index (χ2n) is 7.27. The lowest BCUT2D eigenvalue weighted by molar-refractivity contribution is 0.0942. The first-order valence-electron chi connectivity index (χ1n) is 9.75. The number of aromatic nitrogens is 2. The molecule has 1 unspecified atom stereocenters. The van der Waals surface area contributed by atoms with E-state index >= 15 is 0 Å². The molecule has 1 amide bonds. The van der Waals surface area contributed by atoms with Gasteiger partial charge in [0.25, 0.3) is 5.91 Å². The van der Waals surface area contributed by atoms with Gasteiger partial charge in [-0.15, -0.1) is 0 Å². The number of hydrogen-bond acceptors (Lipinski definition) is 5. The molecule has 1 aromatic heterocycles. The van der Waals surface area contributed by atoms with Gasteiger partial charge in [0.15, 0.2) is 5.16 Å². The number of amides is 1. The molecule has 0 spiro atoms. The van der Waals surface area contributed by atoms with E-state index in [1.165, 1.54) is 0 Å². The highest BCUT2D eigenvalue weighted by atomic mass is 32.2. The number of nitrogens with one attached hydrogen (secondary N) is 1. The SMILES string of the molecule is COc1ccc(C(CNC(=O)c2ccc(CSc3nccn3C)cc2)N(C)C)cc1. The summed E-state index contributed by atoms with van der Waals surface area (Å²) in [4.78, 5) is 19.1. The van der Waals surface area contributed by atoms with Crippen molar-refractivity contribution in [3.63, 3.8) is 0 Å². The van der Waals surface area contributed by atoms with Crippen molar-refractivity contribution >= 4 is 17.7 Å². The molecular weight excluding hydrogens is 396 g/mol. The van der Waals surface area contributed by atoms with E-state index in [0.717, 1.165) is 27.8 Å². The summed E-state index contributed by atoms with van der Waals surface area (Å²) in [6.45, 7) is 0.523. The number of nitrogens with zero attached hydrogens (tertiary/aromatic N) is 3. The van der Waals surface area contributed by atoms with Crippen LogP contribution < -0.4 is 10.1 Å². The van der Waals surface area contributed by atoms with E-state index in [2.05, 4.69) is 15.2 Å². The number of ether oxygens (including phenoxy) is 1. The van der Waals surface area contributed by atoms with Gasteiger partial charge in [-0.2, -0.15) is 0 Å². The number of methoxy groups -OCH3 is 1. The topological polar surface area (TPSA) is 59.4 Å². The number of likely N-dealkylation sites (N-methyl/N-ethyl adjacent to an activating group) is 1. The van der Waals surface area contributed by atoms with Crippen molar-refractivity contribution in [3.8, 4) is 5.75 Å². The Bertz CT molecular complexity index is 952. The maximum Gasteiger partial charge on any atom is 0.251 e. The van der Waals surface area contributed by atoms with Crippen molar-refractivity contribution in [2.45, 2.75) is 17.0 Å². The fraction of sp³-hybridized carbons (Fsp3) is 0.304. The van der Waals surface area contributed by atoms with Gasteiger partial charge >= 0.3 is 0 Å². The van der Waals surface area contributed by atoms with Crippen LogP contribution in [0.4, 0.5) is 0 Å². The van der Waals surface area contributed by atoms with Gasteiger partial charge < -0.3 is 19.5 Å². The van der Waals surface area contributed by atoms with Crippen LogP contribution in [0.5, 0.6) is 5.75 Å². The van der Waals surface area contributed by atoms with Gasteiger partial charge in [-0.05, 0) is 49.5 Å². The van der Waals surface area contributed by atoms with Crippen molar-refractivity contribution in [3.05, 3.63) is 77.6 Å². The summed E-state index contributed by atoms with van der Waals surface area (Å²) < 4.78 is 7.23. The molecule has 0 radical (unpaired) electrons. The highest BCUT2D eigenvalue weighted by molar-refractivity contribution is 7.98. The van der Waals surface area contributed by atoms with Crippen LogP contribution in [0.15, 0.2) is 66.1 Å². The minimum Gasteiger partial charge on any atom is -0.497 e. The van der Waals surface area contributed by atoms with Gasteiger partial charge in [0, 0.05) is 37.3 Å². The van der Waals surface area contributed by atoms with Crippen LogP contribution in [-0.2, 0) is 12.8 Å². The monoisotopic (exact) mass is 424 g/mol. The van der Waals surface area contributed by atoms with E-state index in [1.807, 2.05) is 80.4 Å². The van der Waals surface area contributed by atoms with Gasteiger partial charge in [-0.3, -0.25) is 4.79 Å². The average Bonchev–Trinajstić information content (AvgIpc) is 3.17. The highest BCUT2D eigenvalue weighted by Crippen LogP contribution is 2.22. The summed E-state index contributed by atoms with van der Waals surface area (Å²) in [5.74, 6) is 1.56. The Morgan fingerprint density at radius 1 is 1.17 bits per heavy atom. The molecule has 3 aromatic rings. The van der Waals surface area contributed by atoms with E-state index in [4.69, 9.17) is 4.74 Å². The Labute approximate surface area is 182 Å². The predicted molar refractivity (Wildman–Crippen MR) is 121 cm³/mol. The molecule has 0 bridgehead atoms. The van der Waals surface area contributed by atoms with Crippen LogP contribution >= 0.6 is 11.8 Å². The number of thioether (sulfide) groups is 1. The van der Waals surface area contributed by atoms with Crippen molar-refractivity contribution in [2.75, 3.05) is 27.7 Å². The number of carbonyl (C=O) groups excluding carboxylic acids is 1. The first-order valence-corrected chi connectivity index (χ1v) is 10.7. The molecule has 1 heterocycles. The third-order valence-electron chi connectivity index (χ3n) is 4.94. The van der Waals surface area contributed by atoms with E-state index in [1.54, 1.807) is 25.1 Å². The Morgan fingerprint density at radius 2 is 1.87 bits per heavy atom. The molecule has 6 nitrogen and oxygen atoms in total. The van der Waals surface area contributed by atoms with Crippen molar-refractivity contribution in [1.82, 2.24) is 19.8 Å². The lowest BCUT2D eigenvalue weighted by Gasteiger charge is -2.25. The normalized spacial score (nSPS) is 12.0. The number of carbonyl (C=O) groups is 1. The quantitative estimate of drug-likeness (QED) is 0.530. The first kappa shape index (κ1) is 21.9. The molecular formula is C23H28N4O2S. The second-order valence-corrected chi connectivity index (χ2v) is 8.21. The standard InChI is InChI=1S/C23H28N4O2S/c1-26(2)21(18-9-11-20(29-4)12-10-18)15-25-22(28)19-7-5-17(6-8-19)16-30-23-24-13-14-27(23)3/h5-14,21H,15-16H2,1-4H3,(H,25,28). The summed E-state index contributed by atoms with van der Waals surface area (Å²) in [6.07, 6.45) is 3.73. The zero-order valence-electron chi connectivity index (χ0n) is 17.8. The fourth-order valence-corrected chi connectivity index (χ4v) is 4.00. The third-order valence-corrected chi connectivity index (χ3v) is 6.07. The third kappa shape index (κ3) is 5.64. The smallest absolute Gasteiger partial charge is 0.251 e. The Hall–Kier alpha value is -2.77. The van der Waals surface area contributed by atoms with Crippen molar-refractivity contribution in [2.24, 2.45) is 7.05 Å². The molecule has 30 heavy (non-hydrogen) atoms. The maximum atomic E-state index is 12.6. The lowest BCUT2D eigenvalue weighted by atomic mass is 10.1. The molecule has 0 aliphatic heterocycles. The van der Waals surface area contributed by atoms with Crippen LogP contribution in [0.2, 0.25) is 0 Å². The molecule has 2 aromatic carbocycles. The number of benzene rings is 2. The van der Waals surface area contributed by atoms with E-state index in [0.29, 0.717) is 12.1 Å². The second kappa shape index (κ2) is 10.3. The molecule has 7 heteroatoms. The molecule has 0 saturated carbocycles.